The first kappa shape index (κ1) is 26.7. The van der Waals surface area contributed by atoms with Crippen LogP contribution >= 0.6 is 11.8 Å². The largest absolute Gasteiger partial charge is 0.415 e. The number of hydrogen-bond donors (Lipinski definition) is 0. The average Bonchev–Trinajstić information content (AvgIpc) is 2.82. The number of nitrogens with zero attached hydrogens (tertiary/aromatic N) is 1. The summed E-state index contributed by atoms with van der Waals surface area (Å²) < 4.78 is 36.1. The summed E-state index contributed by atoms with van der Waals surface area (Å²) in [7, 11) is -5.87. The minimum atomic E-state index is -3.77. The van der Waals surface area contributed by atoms with Gasteiger partial charge in [-0.1, -0.05) is 87.5 Å². The van der Waals surface area contributed by atoms with E-state index < -0.39 is 24.4 Å². The van der Waals surface area contributed by atoms with Gasteiger partial charge in [-0.15, -0.1) is 11.8 Å². The van der Waals surface area contributed by atoms with Crippen LogP contribution in [0.4, 0.5) is 0 Å². The minimum absolute atomic E-state index is 0.0240. The van der Waals surface area contributed by atoms with Crippen molar-refractivity contribution in [1.82, 2.24) is 4.31 Å². The molecule has 0 aliphatic carbocycles. The van der Waals surface area contributed by atoms with Crippen LogP contribution in [0.15, 0.2) is 101 Å². The monoisotopic (exact) mass is 513 g/mol. The molecule has 0 fully saturated rings. The minimum Gasteiger partial charge on any atom is -0.415 e. The Balaban J connectivity index is 2.03. The van der Waals surface area contributed by atoms with E-state index in [0.29, 0.717) is 6.61 Å². The summed E-state index contributed by atoms with van der Waals surface area (Å²) in [6.45, 7) is 11.3. The third-order valence-corrected chi connectivity index (χ3v) is 13.9. The highest BCUT2D eigenvalue weighted by molar-refractivity contribution is 8.00. The topological polar surface area (TPSA) is 46.6 Å². The maximum Gasteiger partial charge on any atom is 0.244 e. The van der Waals surface area contributed by atoms with Gasteiger partial charge in [0.1, 0.15) is 0 Å². The molecule has 3 aromatic carbocycles. The van der Waals surface area contributed by atoms with Gasteiger partial charge in [0, 0.05) is 4.90 Å². The molecule has 182 valence electrons. The van der Waals surface area contributed by atoms with Gasteiger partial charge in [0.05, 0.1) is 23.4 Å². The van der Waals surface area contributed by atoms with Crippen molar-refractivity contribution in [2.75, 3.05) is 12.5 Å². The molecule has 1 atom stereocenters. The van der Waals surface area contributed by atoms with E-state index in [2.05, 4.69) is 33.9 Å². The molecule has 0 heterocycles. The van der Waals surface area contributed by atoms with Crippen molar-refractivity contribution in [3.8, 4) is 0 Å². The summed E-state index contributed by atoms with van der Waals surface area (Å²) in [6.07, 6.45) is 0. The van der Waals surface area contributed by atoms with Gasteiger partial charge >= 0.3 is 0 Å². The lowest BCUT2D eigenvalue weighted by atomic mass is 10.1. The average molecular weight is 514 g/mol. The van der Waals surface area contributed by atoms with Gasteiger partial charge in [-0.3, -0.25) is 0 Å². The lowest BCUT2D eigenvalue weighted by molar-refractivity contribution is 0.203. The van der Waals surface area contributed by atoms with Crippen molar-refractivity contribution in [3.05, 3.63) is 96.6 Å². The fraction of sp³-hybridized carbons (Fsp3) is 0.333. The van der Waals surface area contributed by atoms with Crippen LogP contribution in [0.2, 0.25) is 18.1 Å². The van der Waals surface area contributed by atoms with E-state index in [1.165, 1.54) is 11.8 Å². The van der Waals surface area contributed by atoms with Gasteiger partial charge in [-0.2, -0.15) is 4.31 Å². The highest BCUT2D eigenvalue weighted by Gasteiger charge is 2.40. The molecule has 0 aromatic heterocycles. The first-order valence-corrected chi connectivity index (χ1v) is 16.8. The van der Waals surface area contributed by atoms with Crippen molar-refractivity contribution >= 4 is 30.1 Å². The lowest BCUT2D eigenvalue weighted by Crippen LogP contribution is -2.44. The number of benzene rings is 3. The van der Waals surface area contributed by atoms with E-state index in [1.54, 1.807) is 28.6 Å². The molecule has 0 radical (unpaired) electrons. The zero-order valence-electron chi connectivity index (χ0n) is 20.6. The molecule has 0 unspecified atom stereocenters. The molecule has 0 aliphatic heterocycles. The summed E-state index contributed by atoms with van der Waals surface area (Å²) >= 11 is 1.51. The summed E-state index contributed by atoms with van der Waals surface area (Å²) in [5.74, 6) is 0.279. The molecule has 0 amide bonds. The van der Waals surface area contributed by atoms with E-state index >= 15 is 0 Å². The fourth-order valence-corrected chi connectivity index (χ4v) is 7.05. The van der Waals surface area contributed by atoms with Crippen LogP contribution in [0.25, 0.3) is 0 Å². The summed E-state index contributed by atoms with van der Waals surface area (Å²) in [5, 5.41) is 0.0240. The Kier molecular flexibility index (Phi) is 8.81. The Labute approximate surface area is 210 Å². The van der Waals surface area contributed by atoms with E-state index in [4.69, 9.17) is 4.43 Å². The summed E-state index contributed by atoms with van der Waals surface area (Å²) in [5.41, 5.74) is 0.925. The van der Waals surface area contributed by atoms with Crippen LogP contribution in [0.3, 0.4) is 0 Å². The van der Waals surface area contributed by atoms with E-state index in [9.17, 15) is 8.42 Å². The first-order valence-electron chi connectivity index (χ1n) is 11.5. The number of sulfonamides is 1. The molecule has 3 rings (SSSR count). The van der Waals surface area contributed by atoms with Crippen LogP contribution in [-0.2, 0) is 14.4 Å². The molecule has 4 nitrogen and oxygen atoms in total. The van der Waals surface area contributed by atoms with Gasteiger partial charge in [-0.05, 0) is 48.0 Å². The predicted molar refractivity (Wildman–Crippen MR) is 145 cm³/mol. The highest BCUT2D eigenvalue weighted by Crippen LogP contribution is 2.39. The second-order valence-electron chi connectivity index (χ2n) is 9.79. The smallest absolute Gasteiger partial charge is 0.244 e. The molecule has 0 N–H and O–H groups in total. The quantitative estimate of drug-likeness (QED) is 0.163. The normalized spacial score (nSPS) is 13.7. The molecule has 3 aromatic rings. The second kappa shape index (κ2) is 11.2. The third kappa shape index (κ3) is 6.61. The second-order valence-corrected chi connectivity index (χ2v) is 17.5. The molecule has 34 heavy (non-hydrogen) atoms. The zero-order valence-corrected chi connectivity index (χ0v) is 23.3. The van der Waals surface area contributed by atoms with Crippen LogP contribution in [0.5, 0.6) is 0 Å². The molecule has 0 bridgehead atoms. The number of hydrogen-bond acceptors (Lipinski definition) is 4. The highest BCUT2D eigenvalue weighted by atomic mass is 32.2. The van der Waals surface area contributed by atoms with Crippen LogP contribution in [0, 0.1) is 0 Å². The Morgan fingerprint density at radius 3 is 1.88 bits per heavy atom. The van der Waals surface area contributed by atoms with Gasteiger partial charge in [0.25, 0.3) is 0 Å². The van der Waals surface area contributed by atoms with Crippen molar-refractivity contribution in [3.63, 3.8) is 0 Å². The van der Waals surface area contributed by atoms with E-state index in [0.717, 1.165) is 10.5 Å². The lowest BCUT2D eigenvalue weighted by Gasteiger charge is -2.39. The molecule has 0 aliphatic rings. The van der Waals surface area contributed by atoms with Gasteiger partial charge in [-0.25, -0.2) is 8.42 Å². The Hall–Kier alpha value is -1.90. The van der Waals surface area contributed by atoms with Crippen molar-refractivity contribution < 1.29 is 12.8 Å². The van der Waals surface area contributed by atoms with E-state index in [1.807, 2.05) is 66.7 Å². The predicted octanol–water partition coefficient (Wildman–Crippen LogP) is 7.19. The van der Waals surface area contributed by atoms with E-state index in [-0.39, 0.29) is 15.8 Å². The fourth-order valence-electron chi connectivity index (χ4n) is 3.23. The van der Waals surface area contributed by atoms with Gasteiger partial charge in [0.15, 0.2) is 8.32 Å². The maximum absolute atomic E-state index is 14.0. The van der Waals surface area contributed by atoms with Crippen LogP contribution in [0.1, 0.15) is 32.4 Å². The Bertz CT molecular complexity index is 1130. The first-order chi connectivity index (χ1) is 16.0. The number of rotatable bonds is 10. The van der Waals surface area contributed by atoms with Crippen molar-refractivity contribution in [1.29, 1.82) is 0 Å². The van der Waals surface area contributed by atoms with Crippen molar-refractivity contribution in [2.24, 2.45) is 0 Å². The zero-order chi connectivity index (χ0) is 24.8. The Morgan fingerprint density at radius 1 is 0.853 bits per heavy atom. The molecule has 0 saturated heterocycles. The molecule has 7 heteroatoms. The molecular formula is C27H35NO3S2Si. The Morgan fingerprint density at radius 2 is 1.35 bits per heavy atom. The summed E-state index contributed by atoms with van der Waals surface area (Å²) in [6, 6.07) is 27.9. The molecule has 0 saturated carbocycles. The SMILES string of the molecule is CC(C)(C)[Si](C)(C)OC[C@@H](c1ccccc1)N(CSc1ccccc1)S(=O)(=O)c1ccccc1. The van der Waals surface area contributed by atoms with Gasteiger partial charge < -0.3 is 4.43 Å². The van der Waals surface area contributed by atoms with Crippen LogP contribution < -0.4 is 0 Å². The molecule has 0 spiro atoms. The maximum atomic E-state index is 14.0. The third-order valence-electron chi connectivity index (χ3n) is 6.39. The number of thioether (sulfide) groups is 1. The standard InChI is InChI=1S/C27H35NO3S2Si/c1-27(2,3)34(4,5)31-21-26(23-15-9-6-10-16-23)28(22-32-24-17-11-7-12-18-24)33(29,30)25-19-13-8-14-20-25/h6-20,26H,21-22H2,1-5H3/t26-/m0/s1. The summed E-state index contributed by atoms with van der Waals surface area (Å²) in [4.78, 5) is 1.31. The van der Waals surface area contributed by atoms with Gasteiger partial charge in [0.2, 0.25) is 10.0 Å². The molecular weight excluding hydrogens is 479 g/mol. The van der Waals surface area contributed by atoms with Crippen LogP contribution in [-0.4, -0.2) is 33.5 Å². The van der Waals surface area contributed by atoms with Crippen molar-refractivity contribution in [2.45, 2.75) is 54.7 Å².